The van der Waals surface area contributed by atoms with Gasteiger partial charge in [-0.15, -0.1) is 0 Å². The van der Waals surface area contributed by atoms with Crippen molar-refractivity contribution in [1.82, 2.24) is 0 Å². The first-order chi connectivity index (χ1) is 13.5. The molecule has 0 aliphatic rings. The van der Waals surface area contributed by atoms with E-state index in [4.69, 9.17) is 46.4 Å². The number of aromatic hydroxyl groups is 2. The summed E-state index contributed by atoms with van der Waals surface area (Å²) in [7, 11) is -5.07. The van der Waals surface area contributed by atoms with Crippen LogP contribution in [0.5, 0.6) is 11.5 Å². The van der Waals surface area contributed by atoms with Crippen LogP contribution in [0.15, 0.2) is 54.6 Å². The number of phenols is 2. The first-order valence-corrected chi connectivity index (χ1v) is 10.8. The zero-order chi connectivity index (χ0) is 21.6. The summed E-state index contributed by atoms with van der Waals surface area (Å²) in [6, 6.07) is 12.0. The highest BCUT2D eigenvalue weighted by Gasteiger charge is 2.51. The van der Waals surface area contributed by atoms with Gasteiger partial charge in [0.15, 0.2) is 16.2 Å². The third-order valence-electron chi connectivity index (χ3n) is 4.38. The SMILES string of the molecule is O=S(=O)(O)C(c1cc(Cl)cc(Cl)c1)(c1ccccc1Cl)c1ccc(O)c(O)c1Cl. The Morgan fingerprint density at radius 1 is 0.793 bits per heavy atom. The quantitative estimate of drug-likeness (QED) is 0.239. The van der Waals surface area contributed by atoms with Crippen molar-refractivity contribution < 1.29 is 23.2 Å². The largest absolute Gasteiger partial charge is 0.504 e. The van der Waals surface area contributed by atoms with Gasteiger partial charge in [-0.2, -0.15) is 8.42 Å². The molecule has 0 bridgehead atoms. The van der Waals surface area contributed by atoms with Crippen LogP contribution in [0.2, 0.25) is 20.1 Å². The van der Waals surface area contributed by atoms with Crippen molar-refractivity contribution in [3.05, 3.63) is 91.4 Å². The minimum atomic E-state index is -5.07. The van der Waals surface area contributed by atoms with Gasteiger partial charge in [-0.25, -0.2) is 0 Å². The summed E-state index contributed by atoms with van der Waals surface area (Å²) in [5, 5.41) is 19.6. The molecule has 1 atom stereocenters. The molecule has 29 heavy (non-hydrogen) atoms. The van der Waals surface area contributed by atoms with Gasteiger partial charge >= 0.3 is 0 Å². The van der Waals surface area contributed by atoms with E-state index in [2.05, 4.69) is 0 Å². The van der Waals surface area contributed by atoms with Crippen molar-refractivity contribution in [2.75, 3.05) is 0 Å². The van der Waals surface area contributed by atoms with Gasteiger partial charge in [0.1, 0.15) is 0 Å². The molecule has 0 aromatic heterocycles. The van der Waals surface area contributed by atoms with Gasteiger partial charge < -0.3 is 10.2 Å². The Bertz CT molecular complexity index is 1190. The fourth-order valence-electron chi connectivity index (χ4n) is 3.21. The second-order valence-electron chi connectivity index (χ2n) is 6.09. The molecule has 0 spiro atoms. The number of hydrogen-bond donors (Lipinski definition) is 3. The molecule has 3 aromatic carbocycles. The van der Waals surface area contributed by atoms with E-state index in [0.29, 0.717) is 0 Å². The van der Waals surface area contributed by atoms with Crippen LogP contribution in [0, 0.1) is 0 Å². The predicted molar refractivity (Wildman–Crippen MR) is 114 cm³/mol. The van der Waals surface area contributed by atoms with Gasteiger partial charge in [-0.05, 0) is 35.9 Å². The lowest BCUT2D eigenvalue weighted by atomic mass is 9.83. The van der Waals surface area contributed by atoms with Crippen LogP contribution in [0.4, 0.5) is 0 Å². The Morgan fingerprint density at radius 3 is 1.93 bits per heavy atom. The molecule has 0 saturated heterocycles. The van der Waals surface area contributed by atoms with E-state index >= 15 is 0 Å². The molecule has 5 nitrogen and oxygen atoms in total. The fourth-order valence-corrected chi connectivity index (χ4v) is 5.75. The van der Waals surface area contributed by atoms with Crippen LogP contribution >= 0.6 is 46.4 Å². The Morgan fingerprint density at radius 2 is 1.38 bits per heavy atom. The average molecular weight is 494 g/mol. The van der Waals surface area contributed by atoms with Crippen LogP contribution in [0.3, 0.4) is 0 Å². The van der Waals surface area contributed by atoms with Crippen LogP contribution in [-0.4, -0.2) is 23.2 Å². The summed E-state index contributed by atoms with van der Waals surface area (Å²) in [6.45, 7) is 0. The number of phenolic OH excluding ortho intramolecular Hbond substituents is 2. The zero-order valence-electron chi connectivity index (χ0n) is 14.3. The summed E-state index contributed by atoms with van der Waals surface area (Å²) in [6.07, 6.45) is 0. The Kier molecular flexibility index (Phi) is 5.98. The highest BCUT2D eigenvalue weighted by molar-refractivity contribution is 7.87. The lowest BCUT2D eigenvalue weighted by Gasteiger charge is -2.34. The molecule has 0 fully saturated rings. The molecule has 0 heterocycles. The van der Waals surface area contributed by atoms with Crippen LogP contribution in [-0.2, 0) is 14.9 Å². The number of halogens is 4. The summed E-state index contributed by atoms with van der Waals surface area (Å²) in [5.41, 5.74) is -0.393. The van der Waals surface area contributed by atoms with E-state index in [1.807, 2.05) is 0 Å². The highest BCUT2D eigenvalue weighted by Crippen LogP contribution is 2.52. The van der Waals surface area contributed by atoms with Crippen LogP contribution in [0.1, 0.15) is 16.7 Å². The minimum absolute atomic E-state index is 0.00939. The maximum absolute atomic E-state index is 13.0. The van der Waals surface area contributed by atoms with E-state index in [-0.39, 0.29) is 31.8 Å². The normalized spacial score (nSPS) is 13.8. The average Bonchev–Trinajstić information content (AvgIpc) is 2.61. The van der Waals surface area contributed by atoms with Gasteiger partial charge in [-0.3, -0.25) is 4.55 Å². The molecule has 3 aromatic rings. The predicted octanol–water partition coefficient (Wildman–Crippen LogP) is 5.89. The molecule has 3 rings (SSSR count). The Hall–Kier alpha value is -1.67. The minimum Gasteiger partial charge on any atom is -0.504 e. The lowest BCUT2D eigenvalue weighted by molar-refractivity contribution is 0.402. The first kappa shape index (κ1) is 22.0. The molecule has 0 amide bonds. The maximum Gasteiger partial charge on any atom is 0.283 e. The highest BCUT2D eigenvalue weighted by atomic mass is 35.5. The third kappa shape index (κ3) is 3.65. The standard InChI is InChI=1S/C19H12Cl4O5S/c20-11-7-10(8-12(21)9-11)19(29(26,27)28,13-3-1-2-4-15(13)22)14-5-6-16(24)18(25)17(14)23/h1-9,24-25H,(H,26,27,28). The van der Waals surface area contributed by atoms with E-state index in [1.165, 1.54) is 36.4 Å². The van der Waals surface area contributed by atoms with Crippen LogP contribution in [0.25, 0.3) is 0 Å². The van der Waals surface area contributed by atoms with Crippen molar-refractivity contribution in [3.8, 4) is 11.5 Å². The van der Waals surface area contributed by atoms with E-state index in [1.54, 1.807) is 6.07 Å². The van der Waals surface area contributed by atoms with E-state index in [9.17, 15) is 23.2 Å². The molecule has 0 aliphatic heterocycles. The molecular weight excluding hydrogens is 482 g/mol. The van der Waals surface area contributed by atoms with Crippen molar-refractivity contribution >= 4 is 56.5 Å². The molecule has 0 aliphatic carbocycles. The number of benzene rings is 3. The number of hydrogen-bond acceptors (Lipinski definition) is 4. The topological polar surface area (TPSA) is 94.8 Å². The number of rotatable bonds is 4. The first-order valence-electron chi connectivity index (χ1n) is 7.89. The van der Waals surface area contributed by atoms with E-state index in [0.717, 1.165) is 12.1 Å². The van der Waals surface area contributed by atoms with Crippen molar-refractivity contribution in [3.63, 3.8) is 0 Å². The monoisotopic (exact) mass is 492 g/mol. The molecule has 0 saturated carbocycles. The summed E-state index contributed by atoms with van der Waals surface area (Å²) in [5.74, 6) is -1.34. The fraction of sp³-hybridized carbons (Fsp3) is 0.0526. The molecule has 0 radical (unpaired) electrons. The Labute approximate surface area is 186 Å². The lowest BCUT2D eigenvalue weighted by Crippen LogP contribution is -2.39. The maximum atomic E-state index is 13.0. The molecule has 10 heteroatoms. The van der Waals surface area contributed by atoms with Gasteiger partial charge in [0.25, 0.3) is 10.1 Å². The molecule has 152 valence electrons. The van der Waals surface area contributed by atoms with E-state index < -0.39 is 31.4 Å². The van der Waals surface area contributed by atoms with Crippen molar-refractivity contribution in [2.24, 2.45) is 0 Å². The van der Waals surface area contributed by atoms with Gasteiger partial charge in [0, 0.05) is 26.2 Å². The second-order valence-corrected chi connectivity index (χ2v) is 9.31. The van der Waals surface area contributed by atoms with Gasteiger partial charge in [0.2, 0.25) is 0 Å². The third-order valence-corrected chi connectivity index (χ3v) is 6.98. The summed E-state index contributed by atoms with van der Waals surface area (Å²) >= 11 is 24.7. The van der Waals surface area contributed by atoms with Crippen molar-refractivity contribution in [1.29, 1.82) is 0 Å². The molecule has 1 unspecified atom stereocenters. The molecular formula is C19H12Cl4O5S. The summed E-state index contributed by atoms with van der Waals surface area (Å²) in [4.78, 5) is 0. The Balaban J connectivity index is 2.63. The molecule has 3 N–H and O–H groups in total. The zero-order valence-corrected chi connectivity index (χ0v) is 18.1. The van der Waals surface area contributed by atoms with Crippen LogP contribution < -0.4 is 0 Å². The van der Waals surface area contributed by atoms with Gasteiger partial charge in [-0.1, -0.05) is 70.7 Å². The summed E-state index contributed by atoms with van der Waals surface area (Å²) < 4.78 is 34.1. The smallest absolute Gasteiger partial charge is 0.283 e. The second kappa shape index (κ2) is 7.87. The van der Waals surface area contributed by atoms with Gasteiger partial charge in [0.05, 0.1) is 5.02 Å². The van der Waals surface area contributed by atoms with Crippen molar-refractivity contribution in [2.45, 2.75) is 4.75 Å².